The van der Waals surface area contributed by atoms with Gasteiger partial charge in [0.15, 0.2) is 5.69 Å². The van der Waals surface area contributed by atoms with Crippen LogP contribution in [0, 0.1) is 5.82 Å². The first-order valence-corrected chi connectivity index (χ1v) is 5.81. The number of carbonyl (C=O) groups is 1. The van der Waals surface area contributed by atoms with E-state index in [1.165, 1.54) is 29.9 Å². The molecule has 0 spiro atoms. The molecule has 1 heterocycles. The molecule has 1 amide bonds. The van der Waals surface area contributed by atoms with Gasteiger partial charge in [-0.25, -0.2) is 9.07 Å². The van der Waals surface area contributed by atoms with Crippen LogP contribution >= 0.6 is 12.2 Å². The second kappa shape index (κ2) is 5.15. The van der Waals surface area contributed by atoms with Gasteiger partial charge in [0.05, 0.1) is 5.69 Å². The number of nitrogens with two attached hydrogens (primary N) is 1. The van der Waals surface area contributed by atoms with Gasteiger partial charge in [0, 0.05) is 18.8 Å². The Bertz CT molecular complexity index is 653. The minimum atomic E-state index is -0.440. The fourth-order valence-electron chi connectivity index (χ4n) is 1.61. The van der Waals surface area contributed by atoms with Crippen LogP contribution in [0.5, 0.6) is 0 Å². The lowest BCUT2D eigenvalue weighted by Crippen LogP contribution is -2.19. The van der Waals surface area contributed by atoms with Gasteiger partial charge >= 0.3 is 0 Å². The van der Waals surface area contributed by atoms with Gasteiger partial charge in [0.2, 0.25) is 0 Å². The SMILES string of the molecule is CNC(=O)c1ccn(-c2ccc(F)cc2C(N)=S)n1. The summed E-state index contributed by atoms with van der Waals surface area (Å²) in [5, 5.41) is 6.56. The van der Waals surface area contributed by atoms with Crippen molar-refractivity contribution in [1.29, 1.82) is 0 Å². The second-order valence-electron chi connectivity index (χ2n) is 3.75. The van der Waals surface area contributed by atoms with Gasteiger partial charge in [0.25, 0.3) is 5.91 Å². The number of hydrogen-bond acceptors (Lipinski definition) is 3. The highest BCUT2D eigenvalue weighted by Crippen LogP contribution is 2.16. The molecule has 2 rings (SSSR count). The van der Waals surface area contributed by atoms with E-state index in [4.69, 9.17) is 18.0 Å². The lowest BCUT2D eigenvalue weighted by Gasteiger charge is -2.08. The molecule has 0 radical (unpaired) electrons. The standard InChI is InChI=1S/C12H11FN4OS/c1-15-12(18)9-4-5-17(16-9)10-3-2-7(13)6-8(10)11(14)19/h2-6H,1H3,(H2,14,19)(H,15,18). The normalized spacial score (nSPS) is 10.2. The molecule has 1 aromatic heterocycles. The van der Waals surface area contributed by atoms with Crippen LogP contribution in [-0.4, -0.2) is 27.7 Å². The van der Waals surface area contributed by atoms with Crippen molar-refractivity contribution in [2.75, 3.05) is 7.05 Å². The maximum absolute atomic E-state index is 13.2. The first-order valence-electron chi connectivity index (χ1n) is 5.40. The van der Waals surface area contributed by atoms with Crippen LogP contribution in [-0.2, 0) is 0 Å². The highest BCUT2D eigenvalue weighted by atomic mass is 32.1. The van der Waals surface area contributed by atoms with Crippen molar-refractivity contribution in [2.45, 2.75) is 0 Å². The highest BCUT2D eigenvalue weighted by molar-refractivity contribution is 7.80. The molecule has 0 aliphatic carbocycles. The third-order valence-corrected chi connectivity index (χ3v) is 2.74. The summed E-state index contributed by atoms with van der Waals surface area (Å²) in [5.41, 5.74) is 6.69. The van der Waals surface area contributed by atoms with Gasteiger partial charge in [-0.1, -0.05) is 12.2 Å². The summed E-state index contributed by atoms with van der Waals surface area (Å²) in [7, 11) is 1.51. The highest BCUT2D eigenvalue weighted by Gasteiger charge is 2.12. The van der Waals surface area contributed by atoms with Crippen molar-refractivity contribution in [2.24, 2.45) is 5.73 Å². The molecular weight excluding hydrogens is 267 g/mol. The van der Waals surface area contributed by atoms with E-state index >= 15 is 0 Å². The van der Waals surface area contributed by atoms with Crippen molar-refractivity contribution < 1.29 is 9.18 Å². The van der Waals surface area contributed by atoms with E-state index in [1.807, 2.05) is 0 Å². The number of hydrogen-bond donors (Lipinski definition) is 2. The van der Waals surface area contributed by atoms with Crippen molar-refractivity contribution in [1.82, 2.24) is 15.1 Å². The third kappa shape index (κ3) is 2.60. The summed E-state index contributed by atoms with van der Waals surface area (Å²) >= 11 is 4.88. The largest absolute Gasteiger partial charge is 0.389 e. The van der Waals surface area contributed by atoms with Crippen molar-refractivity contribution in [3.05, 3.63) is 47.5 Å². The molecular formula is C12H11FN4OS. The van der Waals surface area contributed by atoms with Crippen LogP contribution < -0.4 is 11.1 Å². The van der Waals surface area contributed by atoms with E-state index in [9.17, 15) is 9.18 Å². The summed E-state index contributed by atoms with van der Waals surface area (Å²) in [6, 6.07) is 5.56. The smallest absolute Gasteiger partial charge is 0.271 e. The molecule has 0 atom stereocenters. The predicted octanol–water partition coefficient (Wildman–Crippen LogP) is 1.01. The van der Waals surface area contributed by atoms with E-state index in [0.29, 0.717) is 11.3 Å². The van der Waals surface area contributed by atoms with E-state index in [2.05, 4.69) is 10.4 Å². The first kappa shape index (κ1) is 13.2. The molecule has 0 aliphatic rings. The molecule has 1 aromatic carbocycles. The number of nitrogens with zero attached hydrogens (tertiary/aromatic N) is 2. The minimum absolute atomic E-state index is 0.0616. The molecule has 98 valence electrons. The lowest BCUT2D eigenvalue weighted by atomic mass is 10.1. The molecule has 0 unspecified atom stereocenters. The van der Waals surface area contributed by atoms with Crippen LogP contribution in [0.25, 0.3) is 5.69 Å². The second-order valence-corrected chi connectivity index (χ2v) is 4.19. The Morgan fingerprint density at radius 3 is 2.84 bits per heavy atom. The summed E-state index contributed by atoms with van der Waals surface area (Å²) in [5.74, 6) is -0.747. The average Bonchev–Trinajstić information content (AvgIpc) is 2.87. The number of halogens is 1. The topological polar surface area (TPSA) is 72.9 Å². The molecule has 0 saturated carbocycles. The molecule has 0 saturated heterocycles. The fraction of sp³-hybridized carbons (Fsp3) is 0.0833. The van der Waals surface area contributed by atoms with Gasteiger partial charge in [-0.15, -0.1) is 0 Å². The third-order valence-electron chi connectivity index (χ3n) is 2.52. The summed E-state index contributed by atoms with van der Waals surface area (Å²) in [6.07, 6.45) is 1.58. The van der Waals surface area contributed by atoms with Gasteiger partial charge < -0.3 is 11.1 Å². The average molecular weight is 278 g/mol. The predicted molar refractivity (Wildman–Crippen MR) is 72.8 cm³/mol. The molecule has 3 N–H and O–H groups in total. The maximum atomic E-state index is 13.2. The molecule has 2 aromatic rings. The van der Waals surface area contributed by atoms with Gasteiger partial charge in [-0.05, 0) is 24.3 Å². The summed E-state index contributed by atoms with van der Waals surface area (Å²) in [4.78, 5) is 11.5. The summed E-state index contributed by atoms with van der Waals surface area (Å²) < 4.78 is 14.6. The number of thiocarbonyl (C=S) groups is 1. The molecule has 0 aliphatic heterocycles. The summed E-state index contributed by atoms with van der Waals surface area (Å²) in [6.45, 7) is 0. The van der Waals surface area contributed by atoms with Crippen LogP contribution in [0.4, 0.5) is 4.39 Å². The number of amides is 1. The zero-order chi connectivity index (χ0) is 14.0. The zero-order valence-corrected chi connectivity index (χ0v) is 10.9. The Morgan fingerprint density at radius 2 is 2.21 bits per heavy atom. The van der Waals surface area contributed by atoms with Crippen molar-refractivity contribution in [3.63, 3.8) is 0 Å². The number of carbonyl (C=O) groups excluding carboxylic acids is 1. The molecule has 7 heteroatoms. The van der Waals surface area contributed by atoms with Gasteiger partial charge in [-0.3, -0.25) is 4.79 Å². The number of aromatic nitrogens is 2. The minimum Gasteiger partial charge on any atom is -0.389 e. The molecule has 0 fully saturated rings. The van der Waals surface area contributed by atoms with Crippen molar-refractivity contribution in [3.8, 4) is 5.69 Å². The quantitative estimate of drug-likeness (QED) is 0.822. The van der Waals surface area contributed by atoms with E-state index in [1.54, 1.807) is 12.3 Å². The fourth-order valence-corrected chi connectivity index (χ4v) is 1.78. The first-order chi connectivity index (χ1) is 9.02. The van der Waals surface area contributed by atoms with Gasteiger partial charge in [0.1, 0.15) is 10.8 Å². The number of benzene rings is 1. The Kier molecular flexibility index (Phi) is 3.57. The molecule has 0 bridgehead atoms. The monoisotopic (exact) mass is 278 g/mol. The molecule has 19 heavy (non-hydrogen) atoms. The Balaban J connectivity index is 2.50. The Hall–Kier alpha value is -2.28. The van der Waals surface area contributed by atoms with E-state index in [-0.39, 0.29) is 16.6 Å². The molecule has 5 nitrogen and oxygen atoms in total. The van der Waals surface area contributed by atoms with E-state index < -0.39 is 5.82 Å². The Morgan fingerprint density at radius 1 is 1.47 bits per heavy atom. The van der Waals surface area contributed by atoms with Crippen LogP contribution in [0.1, 0.15) is 16.1 Å². The van der Waals surface area contributed by atoms with E-state index in [0.717, 1.165) is 0 Å². The number of nitrogens with one attached hydrogen (secondary N) is 1. The van der Waals surface area contributed by atoms with Crippen LogP contribution in [0.2, 0.25) is 0 Å². The van der Waals surface area contributed by atoms with Crippen LogP contribution in [0.15, 0.2) is 30.5 Å². The Labute approximate surface area is 114 Å². The number of rotatable bonds is 3. The maximum Gasteiger partial charge on any atom is 0.271 e. The zero-order valence-electron chi connectivity index (χ0n) is 10.1. The van der Waals surface area contributed by atoms with Crippen LogP contribution in [0.3, 0.4) is 0 Å². The van der Waals surface area contributed by atoms with Gasteiger partial charge in [-0.2, -0.15) is 5.10 Å². The lowest BCUT2D eigenvalue weighted by molar-refractivity contribution is 0.0957. The van der Waals surface area contributed by atoms with Crippen molar-refractivity contribution >= 4 is 23.1 Å².